The van der Waals surface area contributed by atoms with Gasteiger partial charge in [-0.05, 0) is 49.1 Å². The second-order valence-electron chi connectivity index (χ2n) is 14.3. The Labute approximate surface area is 340 Å². The number of aryl methyl sites for hydroxylation is 1. The molecule has 0 unspecified atom stereocenters. The highest BCUT2D eigenvalue weighted by Crippen LogP contribution is 2.68. The van der Waals surface area contributed by atoms with Gasteiger partial charge < -0.3 is 10.1 Å². The number of alkyl halides is 4. The van der Waals surface area contributed by atoms with Crippen LogP contribution in [0.15, 0.2) is 53.6 Å². The first-order valence-electron chi connectivity index (χ1n) is 18.1. The van der Waals surface area contributed by atoms with E-state index in [0.29, 0.717) is 10.7 Å². The van der Waals surface area contributed by atoms with Crippen LogP contribution < -0.4 is 20.3 Å². The molecule has 1 fully saturated rings. The number of fused-ring (bicyclic) bond motifs is 4. The SMILES string of the molecule is CCOc1ncc(-c2cc(=O)n(-c3ccc(Cl)c4c(NS(C)(=O)=O)nn(C)c34)c([C@H](Cc3cc(F)cc(F)c3)NC(=O)Cn3nc(C(F)F)c4c3C(F)(F)[C@@H]3C[C@H]43)n2)cn1. The number of carbonyl (C=O) groups is 1. The van der Waals surface area contributed by atoms with Crippen molar-refractivity contribution in [1.82, 2.24) is 44.4 Å². The van der Waals surface area contributed by atoms with Gasteiger partial charge in [0, 0.05) is 55.0 Å². The Bertz CT molecular complexity index is 2870. The van der Waals surface area contributed by atoms with Crippen molar-refractivity contribution in [2.24, 2.45) is 13.0 Å². The monoisotopic (exact) mass is 876 g/mol. The summed E-state index contributed by atoms with van der Waals surface area (Å²) in [6.07, 6.45) is -0.213. The lowest BCUT2D eigenvalue weighted by Gasteiger charge is -2.24. The number of halogens is 7. The second-order valence-corrected chi connectivity index (χ2v) is 16.4. The van der Waals surface area contributed by atoms with Gasteiger partial charge in [0.05, 0.1) is 46.2 Å². The molecule has 0 bridgehead atoms. The molecule has 15 nitrogen and oxygen atoms in total. The summed E-state index contributed by atoms with van der Waals surface area (Å²) in [5.74, 6) is -9.16. The van der Waals surface area contributed by atoms with Crippen LogP contribution in [0.1, 0.15) is 60.1 Å². The summed E-state index contributed by atoms with van der Waals surface area (Å²) in [5.41, 5.74) is -2.63. The first kappa shape index (κ1) is 40.7. The average molecular weight is 877 g/mol. The highest BCUT2D eigenvalue weighted by atomic mass is 35.5. The summed E-state index contributed by atoms with van der Waals surface area (Å²) in [6.45, 7) is 0.960. The smallest absolute Gasteiger partial charge is 0.316 e. The molecule has 2 N–H and O–H groups in total. The zero-order valence-corrected chi connectivity index (χ0v) is 33.0. The fourth-order valence-corrected chi connectivity index (χ4v) is 8.42. The minimum Gasteiger partial charge on any atom is -0.464 e. The lowest BCUT2D eigenvalue weighted by Crippen LogP contribution is -2.38. The molecule has 0 aliphatic heterocycles. The van der Waals surface area contributed by atoms with Gasteiger partial charge >= 0.3 is 6.01 Å². The maximum absolute atomic E-state index is 15.5. The molecule has 2 aliphatic rings. The predicted octanol–water partition coefficient (Wildman–Crippen LogP) is 5.72. The van der Waals surface area contributed by atoms with Crippen molar-refractivity contribution in [3.05, 3.63) is 104 Å². The standard InChI is InChI=1S/C37H31ClF6N10O5S/c1-4-59-36-45-13-17(14-46-36)23-12-27(56)54(25-6-5-22(38)29-31(25)52(2)50-34(29)51-60(3,57)58)35(48-23)24(9-16-7-18(39)10-19(40)8-16)47-26(55)15-53-32-28(30(49-53)33(41)42)20-11-21(20)37(32,43)44/h5-8,10,12-14,20-21,24,33H,4,9,11,15H2,1-3H3,(H,47,55)(H,50,51)/t20-,21+,24-/m0/s1. The summed E-state index contributed by atoms with van der Waals surface area (Å²) >= 11 is 6.57. The molecule has 2 aliphatic carbocycles. The van der Waals surface area contributed by atoms with Crippen LogP contribution in [0.4, 0.5) is 32.2 Å². The van der Waals surface area contributed by atoms with Crippen LogP contribution in [-0.4, -0.2) is 66.3 Å². The summed E-state index contributed by atoms with van der Waals surface area (Å²) in [5, 5.41) is 10.7. The van der Waals surface area contributed by atoms with Crippen molar-refractivity contribution in [2.75, 3.05) is 17.6 Å². The van der Waals surface area contributed by atoms with Gasteiger partial charge in [-0.25, -0.2) is 40.9 Å². The number of rotatable bonds is 13. The Morgan fingerprint density at radius 1 is 1.08 bits per heavy atom. The Balaban J connectivity index is 1.32. The van der Waals surface area contributed by atoms with Gasteiger partial charge in [0.25, 0.3) is 17.9 Å². The number of aromatic nitrogens is 8. The molecule has 0 saturated heterocycles. The fourth-order valence-electron chi connectivity index (χ4n) is 7.69. The quantitative estimate of drug-likeness (QED) is 0.136. The molecule has 1 amide bonds. The first-order chi connectivity index (χ1) is 28.3. The van der Waals surface area contributed by atoms with Crippen LogP contribution in [0.25, 0.3) is 27.8 Å². The molecule has 6 aromatic rings. The van der Waals surface area contributed by atoms with E-state index in [1.54, 1.807) is 6.92 Å². The van der Waals surface area contributed by atoms with E-state index >= 15 is 8.78 Å². The van der Waals surface area contributed by atoms with Crippen molar-refractivity contribution in [3.63, 3.8) is 0 Å². The summed E-state index contributed by atoms with van der Waals surface area (Å²) in [4.78, 5) is 41.5. The number of amides is 1. The third kappa shape index (κ3) is 7.41. The van der Waals surface area contributed by atoms with Gasteiger partial charge in [-0.2, -0.15) is 19.0 Å². The Kier molecular flexibility index (Phi) is 10.1. The Morgan fingerprint density at radius 2 is 1.78 bits per heavy atom. The Morgan fingerprint density at radius 3 is 2.43 bits per heavy atom. The second kappa shape index (κ2) is 14.9. The zero-order valence-electron chi connectivity index (χ0n) is 31.4. The van der Waals surface area contributed by atoms with Gasteiger partial charge in [-0.3, -0.25) is 28.2 Å². The van der Waals surface area contributed by atoms with Crippen molar-refractivity contribution in [3.8, 4) is 23.0 Å². The summed E-state index contributed by atoms with van der Waals surface area (Å²) in [7, 11) is -2.47. The highest BCUT2D eigenvalue weighted by molar-refractivity contribution is 7.92. The molecule has 23 heteroatoms. The fraction of sp³-hybridized carbons (Fsp3) is 0.324. The molecular weight excluding hydrogens is 846 g/mol. The van der Waals surface area contributed by atoms with E-state index in [4.69, 9.17) is 21.3 Å². The largest absolute Gasteiger partial charge is 0.464 e. The number of benzene rings is 2. The van der Waals surface area contributed by atoms with Crippen molar-refractivity contribution in [1.29, 1.82) is 0 Å². The van der Waals surface area contributed by atoms with E-state index in [9.17, 15) is 35.6 Å². The van der Waals surface area contributed by atoms with Gasteiger partial charge in [0.15, 0.2) is 5.82 Å². The molecule has 2 aromatic carbocycles. The maximum atomic E-state index is 15.5. The van der Waals surface area contributed by atoms with E-state index in [2.05, 4.69) is 30.2 Å². The molecule has 8 rings (SSSR count). The van der Waals surface area contributed by atoms with Crippen molar-refractivity contribution in [2.45, 2.75) is 50.6 Å². The number of sulfonamides is 1. The number of carbonyl (C=O) groups excluding carboxylic acids is 1. The average Bonchev–Trinajstić information content (AvgIpc) is 3.70. The van der Waals surface area contributed by atoms with Crippen LogP contribution >= 0.6 is 11.6 Å². The molecule has 4 heterocycles. The number of hydrogen-bond acceptors (Lipinski definition) is 10. The zero-order chi connectivity index (χ0) is 43.0. The van der Waals surface area contributed by atoms with E-state index in [0.717, 1.165) is 29.0 Å². The van der Waals surface area contributed by atoms with E-state index in [-0.39, 0.29) is 74.7 Å². The summed E-state index contributed by atoms with van der Waals surface area (Å²) < 4.78 is 123. The topological polar surface area (TPSA) is 181 Å². The van der Waals surface area contributed by atoms with Gasteiger partial charge in [-0.1, -0.05) is 11.6 Å². The molecule has 0 spiro atoms. The molecule has 4 aromatic heterocycles. The van der Waals surface area contributed by atoms with Crippen LogP contribution in [0.3, 0.4) is 0 Å². The lowest BCUT2D eigenvalue weighted by atomic mass is 10.0. The number of ether oxygens (including phenoxy) is 1. The van der Waals surface area contributed by atoms with Crippen molar-refractivity contribution < 1.29 is 44.3 Å². The van der Waals surface area contributed by atoms with Gasteiger partial charge in [0.1, 0.15) is 35.4 Å². The normalized spacial score (nSPS) is 17.1. The maximum Gasteiger partial charge on any atom is 0.316 e. The minimum atomic E-state index is -3.91. The highest BCUT2D eigenvalue weighted by Gasteiger charge is 2.67. The Hall–Kier alpha value is -6.03. The first-order valence-corrected chi connectivity index (χ1v) is 20.4. The number of nitrogens with one attached hydrogen (secondary N) is 2. The molecular formula is C37H31ClF6N10O5S. The predicted molar refractivity (Wildman–Crippen MR) is 203 cm³/mol. The molecule has 0 radical (unpaired) electrons. The summed E-state index contributed by atoms with van der Waals surface area (Å²) in [6, 6.07) is 4.82. The van der Waals surface area contributed by atoms with Crippen molar-refractivity contribution >= 4 is 44.3 Å². The van der Waals surface area contributed by atoms with Gasteiger partial charge in [0.2, 0.25) is 15.9 Å². The third-order valence-electron chi connectivity index (χ3n) is 10.1. The number of hydrogen-bond donors (Lipinski definition) is 2. The molecule has 1 saturated carbocycles. The van der Waals surface area contributed by atoms with Crippen LogP contribution in [0, 0.1) is 17.6 Å². The van der Waals surface area contributed by atoms with E-state index in [1.807, 2.05) is 0 Å². The molecule has 3 atom stereocenters. The van der Waals surface area contributed by atoms with Crippen LogP contribution in [0.2, 0.25) is 5.02 Å². The minimum absolute atomic E-state index is 0.00865. The molecule has 314 valence electrons. The van der Waals surface area contributed by atoms with E-state index < -0.39 is 87.7 Å². The van der Waals surface area contributed by atoms with Crippen LogP contribution in [0.5, 0.6) is 6.01 Å². The van der Waals surface area contributed by atoms with Gasteiger partial charge in [-0.15, -0.1) is 0 Å². The number of anilines is 1. The lowest BCUT2D eigenvalue weighted by molar-refractivity contribution is -0.123. The number of nitrogens with zero attached hydrogens (tertiary/aromatic N) is 8. The van der Waals surface area contributed by atoms with E-state index in [1.165, 1.54) is 36.3 Å². The molecule has 60 heavy (non-hydrogen) atoms. The van der Waals surface area contributed by atoms with Crippen LogP contribution in [-0.2, 0) is 40.8 Å². The third-order valence-corrected chi connectivity index (χ3v) is 10.9.